The summed E-state index contributed by atoms with van der Waals surface area (Å²) in [6.45, 7) is 0. The number of methoxy groups -OCH3 is 2. The number of phenolic OH excluding ortho intramolecular Hbond substituents is 1. The molecule has 1 fully saturated rings. The number of aromatic hydroxyl groups is 1. The number of carbonyl (C=O) groups excluding carboxylic acids is 2. The smallest absolute Gasteiger partial charge is 0.282 e. The average Bonchev–Trinajstić information content (AvgIpc) is 2.91. The minimum absolute atomic E-state index is 0.0604. The molecule has 134 valence electrons. The predicted octanol–water partition coefficient (Wildman–Crippen LogP) is 2.52. The van der Waals surface area contributed by atoms with Gasteiger partial charge in [-0.2, -0.15) is 0 Å². The molecule has 0 spiro atoms. The number of nitrogens with zero attached hydrogens (tertiary/aromatic N) is 1. The Hall–Kier alpha value is -3.19. The number of hydrazine groups is 1. The van der Waals surface area contributed by atoms with Crippen molar-refractivity contribution in [3.05, 3.63) is 52.6 Å². The lowest BCUT2D eigenvalue weighted by molar-refractivity contribution is -0.117. The molecule has 2 amide bonds. The van der Waals surface area contributed by atoms with Crippen molar-refractivity contribution in [1.29, 1.82) is 0 Å². The number of amides is 2. The number of benzene rings is 2. The number of hydrogen-bond donors (Lipinski definition) is 2. The number of phenols is 1. The fraction of sp³-hybridized carbons (Fsp3) is 0.111. The molecule has 0 bridgehead atoms. The number of nitrogens with one attached hydrogen (secondary N) is 1. The van der Waals surface area contributed by atoms with Crippen molar-refractivity contribution in [2.75, 3.05) is 19.2 Å². The van der Waals surface area contributed by atoms with E-state index in [-0.39, 0.29) is 22.8 Å². The summed E-state index contributed by atoms with van der Waals surface area (Å²) in [7, 11) is 2.78. The largest absolute Gasteiger partial charge is 0.502 e. The van der Waals surface area contributed by atoms with Gasteiger partial charge in [-0.3, -0.25) is 15.0 Å². The van der Waals surface area contributed by atoms with Crippen molar-refractivity contribution in [2.45, 2.75) is 0 Å². The highest BCUT2D eigenvalue weighted by Gasteiger charge is 2.34. The second-order valence-corrected chi connectivity index (χ2v) is 5.83. The number of anilines is 1. The zero-order valence-corrected chi connectivity index (χ0v) is 14.7. The quantitative estimate of drug-likeness (QED) is 0.634. The van der Waals surface area contributed by atoms with Crippen LogP contribution >= 0.6 is 11.6 Å². The monoisotopic (exact) mass is 374 g/mol. The summed E-state index contributed by atoms with van der Waals surface area (Å²) < 4.78 is 10.2. The van der Waals surface area contributed by atoms with Crippen LogP contribution in [0.4, 0.5) is 5.69 Å². The van der Waals surface area contributed by atoms with Crippen LogP contribution in [0.25, 0.3) is 6.08 Å². The lowest BCUT2D eigenvalue weighted by Gasteiger charge is -2.14. The van der Waals surface area contributed by atoms with E-state index in [0.29, 0.717) is 16.3 Å². The van der Waals surface area contributed by atoms with Crippen LogP contribution in [0.1, 0.15) is 5.56 Å². The second-order valence-electron chi connectivity index (χ2n) is 5.39. The Bertz CT molecular complexity index is 883. The lowest BCUT2D eigenvalue weighted by atomic mass is 10.1. The standard InChI is InChI=1S/C18H15ClN2O5/c1-25-14-8-10(9-15(26-2)16(14)22)7-13-17(23)20-21(18(13)24)12-5-3-11(19)4-6-12/h3-9,22H,1-2H3,(H,20,23)/b13-7-. The van der Waals surface area contributed by atoms with Crippen molar-refractivity contribution in [3.63, 3.8) is 0 Å². The average molecular weight is 375 g/mol. The number of carbonyl (C=O) groups is 2. The summed E-state index contributed by atoms with van der Waals surface area (Å²) >= 11 is 5.84. The van der Waals surface area contributed by atoms with Gasteiger partial charge < -0.3 is 14.6 Å². The minimum atomic E-state index is -0.545. The van der Waals surface area contributed by atoms with E-state index >= 15 is 0 Å². The molecule has 1 aliphatic heterocycles. The van der Waals surface area contributed by atoms with Gasteiger partial charge in [-0.25, -0.2) is 5.01 Å². The van der Waals surface area contributed by atoms with Gasteiger partial charge in [0, 0.05) is 5.02 Å². The summed E-state index contributed by atoms with van der Waals surface area (Å²) in [5, 5.41) is 11.6. The van der Waals surface area contributed by atoms with E-state index in [1.54, 1.807) is 24.3 Å². The third-order valence-corrected chi connectivity index (χ3v) is 4.04. The zero-order chi connectivity index (χ0) is 18.8. The summed E-state index contributed by atoms with van der Waals surface area (Å²) in [6.07, 6.45) is 1.40. The fourth-order valence-corrected chi connectivity index (χ4v) is 2.62. The number of rotatable bonds is 4. The van der Waals surface area contributed by atoms with Crippen LogP contribution in [0.5, 0.6) is 17.2 Å². The van der Waals surface area contributed by atoms with Gasteiger partial charge in [-0.05, 0) is 48.0 Å². The second kappa shape index (κ2) is 6.97. The molecule has 1 heterocycles. The van der Waals surface area contributed by atoms with Crippen molar-refractivity contribution in [1.82, 2.24) is 5.43 Å². The van der Waals surface area contributed by atoms with Crippen LogP contribution in [0, 0.1) is 0 Å². The Kier molecular flexibility index (Phi) is 4.73. The molecule has 0 saturated carbocycles. The molecule has 26 heavy (non-hydrogen) atoms. The van der Waals surface area contributed by atoms with E-state index in [2.05, 4.69) is 5.43 Å². The highest BCUT2D eigenvalue weighted by atomic mass is 35.5. The minimum Gasteiger partial charge on any atom is -0.502 e. The van der Waals surface area contributed by atoms with Crippen molar-refractivity contribution < 1.29 is 24.2 Å². The third-order valence-electron chi connectivity index (χ3n) is 3.79. The Balaban J connectivity index is 1.97. The van der Waals surface area contributed by atoms with E-state index in [4.69, 9.17) is 21.1 Å². The van der Waals surface area contributed by atoms with Crippen molar-refractivity contribution in [2.24, 2.45) is 0 Å². The van der Waals surface area contributed by atoms with Gasteiger partial charge in [0.05, 0.1) is 19.9 Å². The molecule has 1 aliphatic rings. The maximum absolute atomic E-state index is 12.6. The van der Waals surface area contributed by atoms with Gasteiger partial charge in [-0.15, -0.1) is 0 Å². The predicted molar refractivity (Wildman–Crippen MR) is 96.3 cm³/mol. The highest BCUT2D eigenvalue weighted by molar-refractivity contribution is 6.32. The number of halogens is 1. The van der Waals surface area contributed by atoms with Crippen LogP contribution in [-0.4, -0.2) is 31.1 Å². The van der Waals surface area contributed by atoms with E-state index < -0.39 is 11.8 Å². The maximum atomic E-state index is 12.6. The van der Waals surface area contributed by atoms with E-state index in [1.165, 1.54) is 32.4 Å². The molecule has 7 nitrogen and oxygen atoms in total. The van der Waals surface area contributed by atoms with Gasteiger partial charge in [0.15, 0.2) is 11.5 Å². The van der Waals surface area contributed by atoms with Crippen LogP contribution in [0.15, 0.2) is 42.0 Å². The molecular formula is C18H15ClN2O5. The van der Waals surface area contributed by atoms with Crippen LogP contribution in [0.3, 0.4) is 0 Å². The summed E-state index contributed by atoms with van der Waals surface area (Å²) in [5.74, 6) is -0.894. The van der Waals surface area contributed by atoms with Gasteiger partial charge in [-0.1, -0.05) is 11.6 Å². The molecule has 0 aliphatic carbocycles. The van der Waals surface area contributed by atoms with Crippen molar-refractivity contribution >= 4 is 35.2 Å². The topological polar surface area (TPSA) is 88.1 Å². The molecule has 0 radical (unpaired) electrons. The molecule has 0 unspecified atom stereocenters. The van der Waals surface area contributed by atoms with Crippen LogP contribution in [-0.2, 0) is 9.59 Å². The first-order chi connectivity index (χ1) is 12.4. The maximum Gasteiger partial charge on any atom is 0.282 e. The fourth-order valence-electron chi connectivity index (χ4n) is 2.49. The molecule has 0 atom stereocenters. The normalized spacial score (nSPS) is 15.3. The molecular weight excluding hydrogens is 360 g/mol. The summed E-state index contributed by atoms with van der Waals surface area (Å²) in [4.78, 5) is 24.8. The first kappa shape index (κ1) is 17.6. The zero-order valence-electron chi connectivity index (χ0n) is 13.9. The SMILES string of the molecule is COc1cc(/C=C2/C(=O)NN(c3ccc(Cl)cc3)C2=O)cc(OC)c1O. The Morgan fingerprint density at radius 1 is 1.08 bits per heavy atom. The number of hydrogen-bond acceptors (Lipinski definition) is 5. The summed E-state index contributed by atoms with van der Waals surface area (Å²) in [5.41, 5.74) is 3.39. The first-order valence-corrected chi connectivity index (χ1v) is 7.90. The van der Waals surface area contributed by atoms with Gasteiger partial charge in [0.25, 0.3) is 11.8 Å². The molecule has 2 aromatic carbocycles. The Morgan fingerprint density at radius 3 is 2.19 bits per heavy atom. The molecule has 2 aromatic rings. The van der Waals surface area contributed by atoms with E-state index in [9.17, 15) is 14.7 Å². The molecule has 3 rings (SSSR count). The first-order valence-electron chi connectivity index (χ1n) is 7.52. The van der Waals surface area contributed by atoms with E-state index in [1.807, 2.05) is 0 Å². The number of ether oxygens (including phenoxy) is 2. The van der Waals surface area contributed by atoms with Crippen LogP contribution < -0.4 is 19.9 Å². The molecule has 0 aromatic heterocycles. The molecule has 2 N–H and O–H groups in total. The van der Waals surface area contributed by atoms with Crippen LogP contribution in [0.2, 0.25) is 5.02 Å². The van der Waals surface area contributed by atoms with Gasteiger partial charge in [0.1, 0.15) is 5.57 Å². The Morgan fingerprint density at radius 2 is 1.65 bits per heavy atom. The van der Waals surface area contributed by atoms with Gasteiger partial charge in [0.2, 0.25) is 5.75 Å². The molecule has 8 heteroatoms. The molecule has 1 saturated heterocycles. The third kappa shape index (κ3) is 3.16. The van der Waals surface area contributed by atoms with Crippen molar-refractivity contribution in [3.8, 4) is 17.2 Å². The highest BCUT2D eigenvalue weighted by Crippen LogP contribution is 2.38. The summed E-state index contributed by atoms with van der Waals surface area (Å²) in [6, 6.07) is 9.47. The Labute approximate surface area is 154 Å². The van der Waals surface area contributed by atoms with E-state index in [0.717, 1.165) is 5.01 Å². The lowest BCUT2D eigenvalue weighted by Crippen LogP contribution is -2.35. The van der Waals surface area contributed by atoms with Gasteiger partial charge >= 0.3 is 0 Å².